The first-order valence-electron chi connectivity index (χ1n) is 8.38. The quantitative estimate of drug-likeness (QED) is 0.869. The lowest BCUT2D eigenvalue weighted by Gasteiger charge is -2.17. The zero-order valence-electron chi connectivity index (χ0n) is 13.9. The first-order chi connectivity index (χ1) is 11.8. The van der Waals surface area contributed by atoms with Crippen LogP contribution in [0.15, 0.2) is 10.6 Å². The van der Waals surface area contributed by atoms with E-state index in [1.807, 2.05) is 6.07 Å². The molecule has 1 saturated heterocycles. The van der Waals surface area contributed by atoms with Crippen molar-refractivity contribution in [2.75, 3.05) is 18.8 Å². The summed E-state index contributed by atoms with van der Waals surface area (Å²) in [7, 11) is -3.54. The zero-order chi connectivity index (χ0) is 17.8. The first-order valence-corrected chi connectivity index (χ1v) is 10.1. The smallest absolute Gasteiger partial charge is 0.259 e. The number of fused-ring (bicyclic) bond motifs is 1. The first kappa shape index (κ1) is 16.5. The van der Waals surface area contributed by atoms with Crippen molar-refractivity contribution in [3.63, 3.8) is 0 Å². The molecule has 2 aliphatic rings. The Hall–Kier alpha value is -2.00. The molecule has 1 saturated carbocycles. The minimum atomic E-state index is -3.54. The van der Waals surface area contributed by atoms with E-state index in [2.05, 4.69) is 10.1 Å². The van der Waals surface area contributed by atoms with Gasteiger partial charge in [-0.2, -0.15) is 0 Å². The minimum absolute atomic E-state index is 0.0951. The largest absolute Gasteiger partial charge is 0.338 e. The highest BCUT2D eigenvalue weighted by atomic mass is 32.2. The van der Waals surface area contributed by atoms with Gasteiger partial charge in [0.05, 0.1) is 22.4 Å². The van der Waals surface area contributed by atoms with Gasteiger partial charge in [0.1, 0.15) is 0 Å². The van der Waals surface area contributed by atoms with E-state index in [4.69, 9.17) is 9.66 Å². The number of pyridine rings is 1. The maximum atomic E-state index is 13.1. The number of carbonyl (C=O) groups is 1. The molecular weight excluding hydrogens is 344 g/mol. The Kier molecular flexibility index (Phi) is 3.80. The average Bonchev–Trinajstić information content (AvgIpc) is 3.19. The Bertz CT molecular complexity index is 948. The summed E-state index contributed by atoms with van der Waals surface area (Å²) in [5, 5.41) is 9.72. The normalized spacial score (nSPS) is 21.2. The summed E-state index contributed by atoms with van der Waals surface area (Å²) < 4.78 is 27.9. The number of sulfonamides is 1. The second kappa shape index (κ2) is 5.77. The number of aromatic nitrogens is 2. The predicted molar refractivity (Wildman–Crippen MR) is 90.5 cm³/mol. The van der Waals surface area contributed by atoms with Crippen molar-refractivity contribution in [3.05, 3.63) is 23.0 Å². The molecule has 134 valence electrons. The van der Waals surface area contributed by atoms with Crippen LogP contribution in [0.25, 0.3) is 11.1 Å². The fraction of sp³-hybridized carbons (Fsp3) is 0.562. The lowest BCUT2D eigenvalue weighted by atomic mass is 10.1. The third-order valence-electron chi connectivity index (χ3n) is 4.90. The lowest BCUT2D eigenvalue weighted by Crippen LogP contribution is -2.31. The highest BCUT2D eigenvalue weighted by molar-refractivity contribution is 7.89. The topological polar surface area (TPSA) is 119 Å². The molecule has 25 heavy (non-hydrogen) atoms. The molecule has 1 amide bonds. The Morgan fingerprint density at radius 3 is 2.84 bits per heavy atom. The van der Waals surface area contributed by atoms with Crippen molar-refractivity contribution >= 4 is 27.0 Å². The monoisotopic (exact) mass is 364 g/mol. The second-order valence-electron chi connectivity index (χ2n) is 7.05. The molecular formula is C16H20N4O4S. The Morgan fingerprint density at radius 2 is 2.16 bits per heavy atom. The number of amides is 1. The van der Waals surface area contributed by atoms with Crippen LogP contribution in [0.5, 0.6) is 0 Å². The molecule has 2 aromatic heterocycles. The number of primary sulfonamides is 1. The van der Waals surface area contributed by atoms with Crippen molar-refractivity contribution in [1.29, 1.82) is 0 Å². The summed E-state index contributed by atoms with van der Waals surface area (Å²) in [5.74, 6) is 0.0395. The highest BCUT2D eigenvalue weighted by Crippen LogP contribution is 2.40. The molecule has 0 aromatic carbocycles. The maximum absolute atomic E-state index is 13.1. The number of aryl methyl sites for hydroxylation is 1. The third kappa shape index (κ3) is 3.25. The van der Waals surface area contributed by atoms with Crippen molar-refractivity contribution in [1.82, 2.24) is 15.0 Å². The van der Waals surface area contributed by atoms with Gasteiger partial charge in [-0.25, -0.2) is 18.5 Å². The van der Waals surface area contributed by atoms with Crippen LogP contribution in [0.1, 0.15) is 46.9 Å². The molecule has 1 aliphatic heterocycles. The summed E-state index contributed by atoms with van der Waals surface area (Å²) in [5.41, 5.74) is 2.44. The van der Waals surface area contributed by atoms with E-state index >= 15 is 0 Å². The van der Waals surface area contributed by atoms with Gasteiger partial charge < -0.3 is 9.42 Å². The fourth-order valence-corrected chi connectivity index (χ4v) is 4.45. The second-order valence-corrected chi connectivity index (χ2v) is 8.71. The summed E-state index contributed by atoms with van der Waals surface area (Å²) in [6, 6.07) is 1.85. The molecule has 4 rings (SSSR count). The van der Waals surface area contributed by atoms with Gasteiger partial charge in [-0.1, -0.05) is 5.16 Å². The number of hydrogen-bond acceptors (Lipinski definition) is 6. The molecule has 1 aliphatic carbocycles. The van der Waals surface area contributed by atoms with E-state index in [0.29, 0.717) is 47.8 Å². The van der Waals surface area contributed by atoms with Gasteiger partial charge in [-0.05, 0) is 38.2 Å². The van der Waals surface area contributed by atoms with Gasteiger partial charge in [0, 0.05) is 24.7 Å². The summed E-state index contributed by atoms with van der Waals surface area (Å²) in [4.78, 5) is 19.2. The fourth-order valence-electron chi connectivity index (χ4n) is 3.52. The molecule has 2 aromatic rings. The maximum Gasteiger partial charge on any atom is 0.259 e. The van der Waals surface area contributed by atoms with E-state index < -0.39 is 10.0 Å². The number of likely N-dealkylation sites (tertiary alicyclic amines) is 1. The van der Waals surface area contributed by atoms with Gasteiger partial charge in [-0.3, -0.25) is 4.79 Å². The van der Waals surface area contributed by atoms with Crippen molar-refractivity contribution in [2.24, 2.45) is 11.1 Å². The Morgan fingerprint density at radius 1 is 1.40 bits per heavy atom. The summed E-state index contributed by atoms with van der Waals surface area (Å²) in [6.45, 7) is 2.70. The van der Waals surface area contributed by atoms with Gasteiger partial charge in [-0.15, -0.1) is 0 Å². The SMILES string of the molecule is Cc1noc2nc(C3CC3)cc(C(=O)N3CC[C@H](CS(N)(=O)=O)C3)c12. The standard InChI is InChI=1S/C16H20N4O4S/c1-9-14-12(6-13(11-2-3-11)18-15(14)24-19-9)16(21)20-5-4-10(7-20)8-25(17,22)23/h6,10-11H,2-5,7-8H2,1H3,(H2,17,22,23)/t10-/m0/s1. The van der Waals surface area contributed by atoms with E-state index in [-0.39, 0.29) is 17.6 Å². The van der Waals surface area contributed by atoms with Crippen LogP contribution in [0.3, 0.4) is 0 Å². The van der Waals surface area contributed by atoms with Gasteiger partial charge in [0.2, 0.25) is 10.0 Å². The Balaban J connectivity index is 1.65. The lowest BCUT2D eigenvalue weighted by molar-refractivity contribution is 0.0790. The molecule has 3 heterocycles. The van der Waals surface area contributed by atoms with Crippen LogP contribution in [0.4, 0.5) is 0 Å². The molecule has 0 radical (unpaired) electrons. The van der Waals surface area contributed by atoms with Crippen LogP contribution in [0, 0.1) is 12.8 Å². The van der Waals surface area contributed by atoms with E-state index in [9.17, 15) is 13.2 Å². The third-order valence-corrected chi connectivity index (χ3v) is 5.84. The summed E-state index contributed by atoms with van der Waals surface area (Å²) in [6.07, 6.45) is 2.77. The van der Waals surface area contributed by atoms with Crippen LogP contribution in [-0.4, -0.2) is 48.2 Å². The summed E-state index contributed by atoms with van der Waals surface area (Å²) >= 11 is 0. The van der Waals surface area contributed by atoms with E-state index in [1.54, 1.807) is 11.8 Å². The molecule has 0 unspecified atom stereocenters. The van der Waals surface area contributed by atoms with Crippen LogP contribution in [-0.2, 0) is 10.0 Å². The molecule has 2 fully saturated rings. The number of rotatable bonds is 4. The molecule has 9 heteroatoms. The number of nitrogens with zero attached hydrogens (tertiary/aromatic N) is 3. The average molecular weight is 364 g/mol. The van der Waals surface area contributed by atoms with Crippen LogP contribution < -0.4 is 5.14 Å². The van der Waals surface area contributed by atoms with Crippen molar-refractivity contribution in [3.8, 4) is 0 Å². The molecule has 1 atom stereocenters. The predicted octanol–water partition coefficient (Wildman–Crippen LogP) is 1.16. The minimum Gasteiger partial charge on any atom is -0.338 e. The molecule has 0 bridgehead atoms. The molecule has 2 N–H and O–H groups in total. The van der Waals surface area contributed by atoms with Crippen LogP contribution >= 0.6 is 0 Å². The van der Waals surface area contributed by atoms with Gasteiger partial charge in [0.15, 0.2) is 0 Å². The number of hydrogen-bond donors (Lipinski definition) is 1. The number of nitrogens with two attached hydrogens (primary N) is 1. The zero-order valence-corrected chi connectivity index (χ0v) is 14.8. The molecule has 0 spiro atoms. The van der Waals surface area contributed by atoms with E-state index in [1.165, 1.54) is 0 Å². The van der Waals surface area contributed by atoms with Gasteiger partial charge in [0.25, 0.3) is 11.6 Å². The Labute approximate surface area is 145 Å². The number of carbonyl (C=O) groups excluding carboxylic acids is 1. The molecule has 8 nitrogen and oxygen atoms in total. The van der Waals surface area contributed by atoms with E-state index in [0.717, 1.165) is 18.5 Å². The van der Waals surface area contributed by atoms with Crippen molar-refractivity contribution < 1.29 is 17.7 Å². The van der Waals surface area contributed by atoms with Crippen LogP contribution in [0.2, 0.25) is 0 Å². The van der Waals surface area contributed by atoms with Gasteiger partial charge >= 0.3 is 0 Å². The van der Waals surface area contributed by atoms with Crippen molar-refractivity contribution in [2.45, 2.75) is 32.1 Å². The highest BCUT2D eigenvalue weighted by Gasteiger charge is 2.33.